The highest BCUT2D eigenvalue weighted by Gasteiger charge is 2.14. The number of nitrogens with zero attached hydrogens (tertiary/aromatic N) is 1. The first kappa shape index (κ1) is 26.3. The first-order chi connectivity index (χ1) is 18.3. The van der Waals surface area contributed by atoms with E-state index >= 15 is 0 Å². The number of aromatic nitrogens is 1. The smallest absolute Gasteiger partial charge is 0.250 e. The Morgan fingerprint density at radius 3 is 2.58 bits per heavy atom. The zero-order valence-electron chi connectivity index (χ0n) is 19.1. The molecule has 0 aliphatic heterocycles. The number of oxazole rings is 1. The van der Waals surface area contributed by atoms with Crippen molar-refractivity contribution in [3.63, 3.8) is 0 Å². The van der Waals surface area contributed by atoms with Gasteiger partial charge in [0.05, 0.1) is 20.6 Å². The van der Waals surface area contributed by atoms with Gasteiger partial charge in [0.2, 0.25) is 11.8 Å². The number of amides is 1. The summed E-state index contributed by atoms with van der Waals surface area (Å²) in [7, 11) is 0. The van der Waals surface area contributed by atoms with Crippen LogP contribution in [0, 0.1) is 0 Å². The van der Waals surface area contributed by atoms with Gasteiger partial charge in [0.15, 0.2) is 10.7 Å². The quantitative estimate of drug-likeness (QED) is 0.154. The Hall–Kier alpha value is -3.33. The van der Waals surface area contributed by atoms with Crippen molar-refractivity contribution < 1.29 is 13.6 Å². The Kier molecular flexibility index (Phi) is 7.74. The van der Waals surface area contributed by atoms with Crippen LogP contribution in [-0.4, -0.2) is 16.0 Å². The van der Waals surface area contributed by atoms with Crippen molar-refractivity contribution >= 4 is 92.5 Å². The fraction of sp³-hybridized carbons (Fsp3) is 0. The summed E-state index contributed by atoms with van der Waals surface area (Å²) in [6, 6.07) is 19.0. The molecule has 0 radical (unpaired) electrons. The summed E-state index contributed by atoms with van der Waals surface area (Å²) in [6.45, 7) is 0. The summed E-state index contributed by atoms with van der Waals surface area (Å²) in [5.74, 6) is 0.877. The molecule has 2 N–H and O–H groups in total. The standard InChI is InChI=1S/C27H15Cl4N3O3S/c28-14-4-8-19(29)18(12-14)26-33-21-13-15(5-9-23(21)37-26)32-27(38)34-24(35)11-7-16-6-10-22(36-16)17-2-1-3-20(30)25(17)31/h1-13H,(H2,32,34,35,38). The lowest BCUT2D eigenvalue weighted by molar-refractivity contribution is -0.115. The number of carbonyl (C=O) groups excluding carboxylic acids is 1. The molecule has 0 unspecified atom stereocenters. The SMILES string of the molecule is O=C(C=Cc1ccc(-c2cccc(Cl)c2Cl)o1)NC(=S)Nc1ccc2oc(-c3cc(Cl)ccc3Cl)nc2c1. The largest absolute Gasteiger partial charge is 0.457 e. The van der Waals surface area contributed by atoms with Crippen LogP contribution in [-0.2, 0) is 4.79 Å². The predicted octanol–water partition coefficient (Wildman–Crippen LogP) is 8.89. The highest BCUT2D eigenvalue weighted by molar-refractivity contribution is 7.80. The summed E-state index contributed by atoms with van der Waals surface area (Å²) in [5, 5.41) is 7.44. The van der Waals surface area contributed by atoms with Gasteiger partial charge in [0.1, 0.15) is 17.0 Å². The van der Waals surface area contributed by atoms with Gasteiger partial charge in [-0.3, -0.25) is 10.1 Å². The molecule has 0 aliphatic rings. The third kappa shape index (κ3) is 5.88. The Morgan fingerprint density at radius 1 is 0.895 bits per heavy atom. The predicted molar refractivity (Wildman–Crippen MR) is 157 cm³/mol. The lowest BCUT2D eigenvalue weighted by Crippen LogP contribution is -2.32. The van der Waals surface area contributed by atoms with Gasteiger partial charge >= 0.3 is 0 Å². The van der Waals surface area contributed by atoms with Gasteiger partial charge in [-0.15, -0.1) is 0 Å². The molecule has 0 saturated carbocycles. The Morgan fingerprint density at radius 2 is 1.74 bits per heavy atom. The normalized spacial score (nSPS) is 11.3. The van der Waals surface area contributed by atoms with Crippen LogP contribution in [0.5, 0.6) is 0 Å². The monoisotopic (exact) mass is 601 g/mol. The molecule has 190 valence electrons. The average Bonchev–Trinajstić information content (AvgIpc) is 3.53. The highest BCUT2D eigenvalue weighted by atomic mass is 35.5. The van der Waals surface area contributed by atoms with Crippen LogP contribution < -0.4 is 10.6 Å². The van der Waals surface area contributed by atoms with Gasteiger partial charge in [-0.25, -0.2) is 4.98 Å². The van der Waals surface area contributed by atoms with Crippen molar-refractivity contribution in [3.8, 4) is 22.8 Å². The molecular weight excluding hydrogens is 588 g/mol. The van der Waals surface area contributed by atoms with Crippen LogP contribution in [0.3, 0.4) is 0 Å². The number of carbonyl (C=O) groups is 1. The molecule has 38 heavy (non-hydrogen) atoms. The van der Waals surface area contributed by atoms with Gasteiger partial charge in [0, 0.05) is 22.3 Å². The van der Waals surface area contributed by atoms with Gasteiger partial charge in [-0.2, -0.15) is 0 Å². The van der Waals surface area contributed by atoms with Crippen LogP contribution in [0.2, 0.25) is 20.1 Å². The molecule has 6 nitrogen and oxygen atoms in total. The summed E-state index contributed by atoms with van der Waals surface area (Å²) in [4.78, 5) is 16.9. The van der Waals surface area contributed by atoms with Gasteiger partial charge < -0.3 is 14.2 Å². The van der Waals surface area contributed by atoms with Crippen LogP contribution in [0.1, 0.15) is 5.76 Å². The number of halogens is 4. The number of nitrogens with one attached hydrogen (secondary N) is 2. The fourth-order valence-electron chi connectivity index (χ4n) is 3.54. The van der Waals surface area contributed by atoms with E-state index in [-0.39, 0.29) is 5.11 Å². The van der Waals surface area contributed by atoms with Gasteiger partial charge in [-0.05, 0) is 79.0 Å². The zero-order valence-corrected chi connectivity index (χ0v) is 22.9. The van der Waals surface area contributed by atoms with E-state index < -0.39 is 5.91 Å². The van der Waals surface area contributed by atoms with E-state index in [4.69, 9.17) is 67.5 Å². The molecule has 3 aromatic carbocycles. The van der Waals surface area contributed by atoms with Crippen molar-refractivity contribution in [3.05, 3.63) is 98.7 Å². The van der Waals surface area contributed by atoms with Crippen molar-refractivity contribution in [1.29, 1.82) is 0 Å². The third-order valence-corrected chi connectivity index (χ3v) is 6.87. The lowest BCUT2D eigenvalue weighted by atomic mass is 10.2. The molecule has 5 rings (SSSR count). The van der Waals surface area contributed by atoms with Crippen molar-refractivity contribution in [1.82, 2.24) is 10.3 Å². The minimum absolute atomic E-state index is 0.103. The second kappa shape index (κ2) is 11.2. The van der Waals surface area contributed by atoms with Gasteiger partial charge in [-0.1, -0.05) is 52.5 Å². The van der Waals surface area contributed by atoms with Crippen molar-refractivity contribution in [2.75, 3.05) is 5.32 Å². The summed E-state index contributed by atoms with van der Waals surface area (Å²) in [5.41, 5.74) is 2.97. The molecule has 2 aromatic heterocycles. The number of fused-ring (bicyclic) bond motifs is 1. The first-order valence-electron chi connectivity index (χ1n) is 11.0. The molecule has 11 heteroatoms. The van der Waals surface area contributed by atoms with E-state index in [0.29, 0.717) is 65.4 Å². The number of furan rings is 1. The minimum Gasteiger partial charge on any atom is -0.457 e. The molecule has 1 amide bonds. The van der Waals surface area contributed by atoms with E-state index in [1.165, 1.54) is 12.2 Å². The second-order valence-electron chi connectivity index (χ2n) is 7.91. The molecule has 0 saturated heterocycles. The molecule has 2 heterocycles. The van der Waals surface area contributed by atoms with Crippen molar-refractivity contribution in [2.45, 2.75) is 0 Å². The highest BCUT2D eigenvalue weighted by Crippen LogP contribution is 2.35. The number of benzene rings is 3. The number of rotatable bonds is 5. The van der Waals surface area contributed by atoms with E-state index in [0.717, 1.165) is 0 Å². The minimum atomic E-state index is -0.443. The second-order valence-corrected chi connectivity index (χ2v) is 9.94. The maximum atomic E-state index is 12.4. The number of thiocarbonyl (C=S) groups is 1. The summed E-state index contributed by atoms with van der Waals surface area (Å²) in [6.07, 6.45) is 2.82. The summed E-state index contributed by atoms with van der Waals surface area (Å²) >= 11 is 29.9. The number of anilines is 1. The number of hydrogen-bond donors (Lipinski definition) is 2. The van der Waals surface area contributed by atoms with Crippen LogP contribution in [0.25, 0.3) is 40.0 Å². The molecule has 0 fully saturated rings. The Labute approximate surface area is 242 Å². The molecule has 5 aromatic rings. The Balaban J connectivity index is 1.22. The van der Waals surface area contributed by atoms with E-state index in [9.17, 15) is 4.79 Å². The summed E-state index contributed by atoms with van der Waals surface area (Å²) < 4.78 is 11.6. The number of hydrogen-bond acceptors (Lipinski definition) is 5. The van der Waals surface area contributed by atoms with Crippen LogP contribution in [0.15, 0.2) is 81.6 Å². The molecule has 0 spiro atoms. The van der Waals surface area contributed by atoms with Crippen LogP contribution in [0.4, 0.5) is 5.69 Å². The van der Waals surface area contributed by atoms with E-state index in [1.54, 1.807) is 66.7 Å². The maximum Gasteiger partial charge on any atom is 0.250 e. The third-order valence-electron chi connectivity index (χ3n) is 5.28. The lowest BCUT2D eigenvalue weighted by Gasteiger charge is -2.07. The van der Waals surface area contributed by atoms with Crippen molar-refractivity contribution in [2.24, 2.45) is 0 Å². The van der Waals surface area contributed by atoms with E-state index in [1.807, 2.05) is 0 Å². The zero-order chi connectivity index (χ0) is 26.8. The molecular formula is C27H15Cl4N3O3S. The molecule has 0 atom stereocenters. The molecule has 0 aliphatic carbocycles. The molecule has 0 bridgehead atoms. The van der Waals surface area contributed by atoms with Gasteiger partial charge in [0.25, 0.3) is 0 Å². The maximum absolute atomic E-state index is 12.4. The van der Waals surface area contributed by atoms with Crippen LogP contribution >= 0.6 is 58.6 Å². The average molecular weight is 603 g/mol. The Bertz CT molecular complexity index is 1730. The fourth-order valence-corrected chi connectivity index (χ4v) is 4.52. The topological polar surface area (TPSA) is 80.3 Å². The van der Waals surface area contributed by atoms with E-state index in [2.05, 4.69) is 15.6 Å². The first-order valence-corrected chi connectivity index (χ1v) is 12.9.